The average molecular weight is 380 g/mol. The Morgan fingerprint density at radius 2 is 2.09 bits per heavy atom. The molecule has 23 heavy (non-hydrogen) atoms. The molecule has 6 atom stereocenters. The molecule has 3 fully saturated rings. The molecule has 1 heterocycles. The zero-order valence-corrected chi connectivity index (χ0v) is 14.3. The summed E-state index contributed by atoms with van der Waals surface area (Å²) in [5.74, 6) is 0.249. The van der Waals surface area contributed by atoms with Crippen LogP contribution in [-0.4, -0.2) is 29.4 Å². The van der Waals surface area contributed by atoms with Crippen molar-refractivity contribution in [1.82, 2.24) is 0 Å². The number of hydrogen-bond donors (Lipinski definition) is 1. The van der Waals surface area contributed by atoms with Crippen molar-refractivity contribution >= 4 is 33.5 Å². The number of halogens is 1. The van der Waals surface area contributed by atoms with Gasteiger partial charge in [0.05, 0.1) is 23.3 Å². The molecule has 4 rings (SSSR count). The molecule has 122 valence electrons. The minimum Gasteiger partial charge on any atom is -0.494 e. The number of alkyl halides is 1. The predicted molar refractivity (Wildman–Crippen MR) is 87.4 cm³/mol. The first-order chi connectivity index (χ1) is 11.1. The van der Waals surface area contributed by atoms with E-state index >= 15 is 0 Å². The number of fused-ring (bicyclic) bond motifs is 1. The van der Waals surface area contributed by atoms with Crippen molar-refractivity contribution in [3.63, 3.8) is 0 Å². The van der Waals surface area contributed by atoms with Gasteiger partial charge in [-0.15, -0.1) is 0 Å². The number of amides is 1. The number of hydrogen-bond acceptors (Lipinski definition) is 4. The van der Waals surface area contributed by atoms with Gasteiger partial charge in [0.15, 0.2) is 0 Å². The minimum absolute atomic E-state index is 0.0490. The molecule has 2 saturated carbocycles. The Morgan fingerprint density at radius 3 is 2.78 bits per heavy atom. The summed E-state index contributed by atoms with van der Waals surface area (Å²) >= 11 is 3.62. The lowest BCUT2D eigenvalue weighted by Gasteiger charge is -2.27. The van der Waals surface area contributed by atoms with Gasteiger partial charge in [0.2, 0.25) is 5.91 Å². The zero-order chi connectivity index (χ0) is 16.1. The van der Waals surface area contributed by atoms with E-state index in [1.54, 1.807) is 0 Å². The van der Waals surface area contributed by atoms with Crippen LogP contribution < -0.4 is 10.1 Å². The summed E-state index contributed by atoms with van der Waals surface area (Å²) in [5, 5.41) is 2.94. The molecule has 1 aromatic carbocycles. The monoisotopic (exact) mass is 379 g/mol. The zero-order valence-electron chi connectivity index (χ0n) is 12.7. The van der Waals surface area contributed by atoms with Crippen LogP contribution in [0.25, 0.3) is 0 Å². The van der Waals surface area contributed by atoms with E-state index in [4.69, 9.17) is 9.47 Å². The Kier molecular flexibility index (Phi) is 3.59. The highest BCUT2D eigenvalue weighted by molar-refractivity contribution is 9.09. The van der Waals surface area contributed by atoms with Gasteiger partial charge in [0.1, 0.15) is 11.9 Å². The van der Waals surface area contributed by atoms with Crippen molar-refractivity contribution in [3.8, 4) is 5.75 Å². The van der Waals surface area contributed by atoms with Crippen LogP contribution in [0.1, 0.15) is 13.3 Å². The van der Waals surface area contributed by atoms with Gasteiger partial charge < -0.3 is 14.8 Å². The third kappa shape index (κ3) is 2.26. The SMILES string of the molecule is CCOc1ccc(NC(=O)[C@@H]2[C@H]3C[C@H]4[C@H](OC(=O)[C@H]42)[C@H]3Br)cc1. The fraction of sp³-hybridized carbons (Fsp3) is 0.529. The molecule has 0 radical (unpaired) electrons. The highest BCUT2D eigenvalue weighted by atomic mass is 79.9. The largest absolute Gasteiger partial charge is 0.494 e. The summed E-state index contributed by atoms with van der Waals surface area (Å²) in [6.45, 7) is 2.53. The first-order valence-electron chi connectivity index (χ1n) is 7.98. The van der Waals surface area contributed by atoms with Crippen LogP contribution in [0.5, 0.6) is 5.75 Å². The van der Waals surface area contributed by atoms with E-state index in [0.29, 0.717) is 6.61 Å². The molecule has 2 aliphatic carbocycles. The summed E-state index contributed by atoms with van der Waals surface area (Å²) in [5.41, 5.74) is 0.718. The number of carbonyl (C=O) groups excluding carboxylic acids is 2. The molecule has 0 aromatic heterocycles. The van der Waals surface area contributed by atoms with Crippen molar-refractivity contribution in [2.24, 2.45) is 23.7 Å². The lowest BCUT2D eigenvalue weighted by molar-refractivity contribution is -0.145. The number of nitrogens with one attached hydrogen (secondary N) is 1. The Labute approximate surface area is 142 Å². The third-order valence-electron chi connectivity index (χ3n) is 5.26. The van der Waals surface area contributed by atoms with E-state index in [1.165, 1.54) is 0 Å². The highest BCUT2D eigenvalue weighted by Gasteiger charge is 2.67. The number of carbonyl (C=O) groups is 2. The third-order valence-corrected chi connectivity index (χ3v) is 6.46. The molecule has 0 unspecified atom stereocenters. The van der Waals surface area contributed by atoms with E-state index in [-0.39, 0.29) is 46.5 Å². The number of anilines is 1. The lowest BCUT2D eigenvalue weighted by atomic mass is 9.79. The first-order valence-corrected chi connectivity index (χ1v) is 8.90. The Morgan fingerprint density at radius 1 is 1.35 bits per heavy atom. The second-order valence-corrected chi connectivity index (χ2v) is 7.46. The second kappa shape index (κ2) is 5.51. The van der Waals surface area contributed by atoms with Gasteiger partial charge in [0.25, 0.3) is 0 Å². The Bertz CT molecular complexity index is 646. The van der Waals surface area contributed by atoms with Gasteiger partial charge in [-0.05, 0) is 43.5 Å². The van der Waals surface area contributed by atoms with Crippen LogP contribution in [0.4, 0.5) is 5.69 Å². The van der Waals surface area contributed by atoms with Crippen molar-refractivity contribution < 1.29 is 19.1 Å². The van der Waals surface area contributed by atoms with Gasteiger partial charge in [0, 0.05) is 11.6 Å². The van der Waals surface area contributed by atoms with Crippen molar-refractivity contribution in [2.75, 3.05) is 11.9 Å². The maximum Gasteiger partial charge on any atom is 0.310 e. The molecule has 6 heteroatoms. The lowest BCUT2D eigenvalue weighted by Crippen LogP contribution is -2.40. The van der Waals surface area contributed by atoms with Crippen LogP contribution in [0.3, 0.4) is 0 Å². The smallest absolute Gasteiger partial charge is 0.310 e. The van der Waals surface area contributed by atoms with Gasteiger partial charge in [-0.3, -0.25) is 9.59 Å². The maximum absolute atomic E-state index is 12.7. The first kappa shape index (κ1) is 15.0. The van der Waals surface area contributed by atoms with Gasteiger partial charge in [-0.25, -0.2) is 0 Å². The maximum atomic E-state index is 12.7. The summed E-state index contributed by atoms with van der Waals surface area (Å²) in [4.78, 5) is 24.9. The second-order valence-electron chi connectivity index (χ2n) is 6.41. The van der Waals surface area contributed by atoms with Crippen molar-refractivity contribution in [2.45, 2.75) is 24.3 Å². The molecular weight excluding hydrogens is 362 g/mol. The molecule has 2 bridgehead atoms. The number of esters is 1. The average Bonchev–Trinajstić information content (AvgIpc) is 3.13. The van der Waals surface area contributed by atoms with Crippen LogP contribution in [0.2, 0.25) is 0 Å². The van der Waals surface area contributed by atoms with Gasteiger partial charge >= 0.3 is 5.97 Å². The number of ether oxygens (including phenoxy) is 2. The van der Waals surface area contributed by atoms with Crippen LogP contribution in [-0.2, 0) is 14.3 Å². The fourth-order valence-electron chi connectivity index (χ4n) is 4.36. The predicted octanol–water partition coefficient (Wildman–Crippen LogP) is 2.59. The quantitative estimate of drug-likeness (QED) is 0.644. The molecule has 3 aliphatic rings. The normalized spacial score (nSPS) is 36.9. The van der Waals surface area contributed by atoms with Gasteiger partial charge in [-0.2, -0.15) is 0 Å². The summed E-state index contributed by atoms with van der Waals surface area (Å²) in [6, 6.07) is 7.29. The topological polar surface area (TPSA) is 64.6 Å². The molecular formula is C17H18BrNO4. The van der Waals surface area contributed by atoms with E-state index in [0.717, 1.165) is 17.9 Å². The number of benzene rings is 1. The standard InChI is InChI=1S/C17H18BrNO4/c1-2-22-9-5-3-8(4-6-9)19-16(20)12-10-7-11-13(12)17(21)23-15(11)14(10)18/h3-6,10-15H,2,7H2,1H3,(H,19,20)/t10-,11-,12-,13-,14+,15+/m1/s1. The summed E-state index contributed by atoms with van der Waals surface area (Å²) < 4.78 is 10.8. The Balaban J connectivity index is 1.50. The molecule has 1 N–H and O–H groups in total. The van der Waals surface area contributed by atoms with E-state index in [9.17, 15) is 9.59 Å². The summed E-state index contributed by atoms with van der Waals surface area (Å²) in [7, 11) is 0. The molecule has 1 aromatic rings. The van der Waals surface area contributed by atoms with Gasteiger partial charge in [-0.1, -0.05) is 15.9 Å². The van der Waals surface area contributed by atoms with E-state index < -0.39 is 0 Å². The molecule has 0 spiro atoms. The van der Waals surface area contributed by atoms with Crippen LogP contribution >= 0.6 is 15.9 Å². The Hall–Kier alpha value is -1.56. The van der Waals surface area contributed by atoms with Crippen LogP contribution in [0.15, 0.2) is 24.3 Å². The van der Waals surface area contributed by atoms with E-state index in [2.05, 4.69) is 21.2 Å². The fourth-order valence-corrected chi connectivity index (χ4v) is 5.40. The highest BCUT2D eigenvalue weighted by Crippen LogP contribution is 2.60. The molecule has 5 nitrogen and oxygen atoms in total. The summed E-state index contributed by atoms with van der Waals surface area (Å²) in [6.07, 6.45) is 0.838. The van der Waals surface area contributed by atoms with Crippen molar-refractivity contribution in [1.29, 1.82) is 0 Å². The van der Waals surface area contributed by atoms with Crippen LogP contribution in [0, 0.1) is 23.7 Å². The molecule has 1 saturated heterocycles. The minimum atomic E-state index is -0.304. The molecule has 1 aliphatic heterocycles. The van der Waals surface area contributed by atoms with Crippen molar-refractivity contribution in [3.05, 3.63) is 24.3 Å². The van der Waals surface area contributed by atoms with E-state index in [1.807, 2.05) is 31.2 Å². The molecule has 1 amide bonds. The number of rotatable bonds is 4.